The molecule has 0 spiro atoms. The van der Waals surface area contributed by atoms with E-state index in [0.717, 1.165) is 17.9 Å². The Morgan fingerprint density at radius 1 is 1.30 bits per heavy atom. The first kappa shape index (κ1) is 14.7. The van der Waals surface area contributed by atoms with E-state index in [-0.39, 0.29) is 6.04 Å². The van der Waals surface area contributed by atoms with Gasteiger partial charge in [-0.05, 0) is 44.5 Å². The van der Waals surface area contributed by atoms with Crippen LogP contribution in [0.4, 0.5) is 11.4 Å². The highest BCUT2D eigenvalue weighted by molar-refractivity contribution is 7.12. The maximum absolute atomic E-state index is 6.17. The van der Waals surface area contributed by atoms with Gasteiger partial charge in [-0.15, -0.1) is 11.3 Å². The standard InChI is InChI=1S/C16H22N2OS/c1-4-10-19-14-7-5-6-13(16(14)17)18-12(3)15-9-8-11(2)20-15/h5-9,12,18H,4,10,17H2,1-3H3. The summed E-state index contributed by atoms with van der Waals surface area (Å²) in [5.41, 5.74) is 7.78. The fourth-order valence-corrected chi connectivity index (χ4v) is 2.88. The fourth-order valence-electron chi connectivity index (χ4n) is 2.00. The Bertz CT molecular complexity index is 565. The average Bonchev–Trinajstić information content (AvgIpc) is 2.86. The molecule has 3 N–H and O–H groups in total. The Labute approximate surface area is 124 Å². The van der Waals surface area contributed by atoms with E-state index in [9.17, 15) is 0 Å². The maximum atomic E-state index is 6.17. The van der Waals surface area contributed by atoms with E-state index in [4.69, 9.17) is 10.5 Å². The van der Waals surface area contributed by atoms with Crippen molar-refractivity contribution in [3.05, 3.63) is 40.1 Å². The molecule has 4 heteroatoms. The van der Waals surface area contributed by atoms with Crippen LogP contribution in [-0.2, 0) is 0 Å². The summed E-state index contributed by atoms with van der Waals surface area (Å²) in [6.07, 6.45) is 0.974. The zero-order chi connectivity index (χ0) is 14.5. The number of anilines is 2. The monoisotopic (exact) mass is 290 g/mol. The van der Waals surface area contributed by atoms with Crippen LogP contribution < -0.4 is 15.8 Å². The van der Waals surface area contributed by atoms with Crippen LogP contribution in [-0.4, -0.2) is 6.61 Å². The molecule has 2 rings (SSSR count). The van der Waals surface area contributed by atoms with Gasteiger partial charge in [-0.2, -0.15) is 0 Å². The maximum Gasteiger partial charge on any atom is 0.144 e. The van der Waals surface area contributed by atoms with Crippen molar-refractivity contribution in [1.29, 1.82) is 0 Å². The van der Waals surface area contributed by atoms with Gasteiger partial charge in [0.05, 0.1) is 24.0 Å². The van der Waals surface area contributed by atoms with E-state index in [0.29, 0.717) is 12.3 Å². The summed E-state index contributed by atoms with van der Waals surface area (Å²) >= 11 is 1.80. The van der Waals surface area contributed by atoms with E-state index in [1.54, 1.807) is 11.3 Å². The minimum absolute atomic E-state index is 0.234. The predicted molar refractivity (Wildman–Crippen MR) is 87.7 cm³/mol. The van der Waals surface area contributed by atoms with Gasteiger partial charge in [0.25, 0.3) is 0 Å². The summed E-state index contributed by atoms with van der Waals surface area (Å²) in [4.78, 5) is 2.63. The van der Waals surface area contributed by atoms with Gasteiger partial charge in [-0.1, -0.05) is 13.0 Å². The van der Waals surface area contributed by atoms with E-state index >= 15 is 0 Å². The average molecular weight is 290 g/mol. The second-order valence-corrected chi connectivity index (χ2v) is 6.20. The predicted octanol–water partition coefficient (Wildman–Crippen LogP) is 4.60. The van der Waals surface area contributed by atoms with Gasteiger partial charge in [0.15, 0.2) is 0 Å². The van der Waals surface area contributed by atoms with Gasteiger partial charge in [-0.25, -0.2) is 0 Å². The zero-order valence-electron chi connectivity index (χ0n) is 12.3. The van der Waals surface area contributed by atoms with Crippen LogP contribution in [0.25, 0.3) is 0 Å². The van der Waals surface area contributed by atoms with Crippen molar-refractivity contribution in [3.8, 4) is 5.75 Å². The summed E-state index contributed by atoms with van der Waals surface area (Å²) < 4.78 is 5.66. The molecule has 0 fully saturated rings. The van der Waals surface area contributed by atoms with Gasteiger partial charge >= 0.3 is 0 Å². The summed E-state index contributed by atoms with van der Waals surface area (Å²) in [6.45, 7) is 7.03. The molecule has 1 atom stereocenters. The van der Waals surface area contributed by atoms with Crippen LogP contribution in [0.2, 0.25) is 0 Å². The topological polar surface area (TPSA) is 47.3 Å². The third kappa shape index (κ3) is 3.45. The molecule has 0 amide bonds. The number of ether oxygens (including phenoxy) is 1. The molecule has 20 heavy (non-hydrogen) atoms. The molecule has 108 valence electrons. The smallest absolute Gasteiger partial charge is 0.144 e. The number of aryl methyl sites for hydroxylation is 1. The number of hydrogen-bond acceptors (Lipinski definition) is 4. The van der Waals surface area contributed by atoms with Crippen molar-refractivity contribution >= 4 is 22.7 Å². The number of hydrogen-bond donors (Lipinski definition) is 2. The molecule has 1 aromatic heterocycles. The van der Waals surface area contributed by atoms with Gasteiger partial charge in [0.1, 0.15) is 5.75 Å². The van der Waals surface area contributed by atoms with Gasteiger partial charge < -0.3 is 15.8 Å². The van der Waals surface area contributed by atoms with Crippen LogP contribution in [0.5, 0.6) is 5.75 Å². The SMILES string of the molecule is CCCOc1cccc(NC(C)c2ccc(C)s2)c1N. The molecule has 0 aliphatic heterocycles. The first-order valence-electron chi connectivity index (χ1n) is 6.96. The number of nitrogens with one attached hydrogen (secondary N) is 1. The summed E-state index contributed by atoms with van der Waals surface area (Å²) in [5, 5.41) is 3.46. The Morgan fingerprint density at radius 2 is 2.10 bits per heavy atom. The lowest BCUT2D eigenvalue weighted by molar-refractivity contribution is 0.319. The number of thiophene rings is 1. The molecule has 1 unspecified atom stereocenters. The Morgan fingerprint density at radius 3 is 2.75 bits per heavy atom. The molecule has 0 saturated heterocycles. The molecule has 0 aliphatic carbocycles. The summed E-state index contributed by atoms with van der Waals surface area (Å²) in [6, 6.07) is 10.4. The molecule has 0 aliphatic rings. The Kier molecular flexibility index (Phi) is 4.90. The first-order valence-corrected chi connectivity index (χ1v) is 7.77. The van der Waals surface area contributed by atoms with Crippen LogP contribution in [0, 0.1) is 6.92 Å². The molecule has 0 radical (unpaired) electrons. The molecular formula is C16H22N2OS. The third-order valence-electron chi connectivity index (χ3n) is 3.09. The van der Waals surface area contributed by atoms with E-state index < -0.39 is 0 Å². The molecular weight excluding hydrogens is 268 g/mol. The highest BCUT2D eigenvalue weighted by atomic mass is 32.1. The second kappa shape index (κ2) is 6.66. The second-order valence-electron chi connectivity index (χ2n) is 4.88. The van der Waals surface area contributed by atoms with Crippen molar-refractivity contribution in [1.82, 2.24) is 0 Å². The largest absolute Gasteiger partial charge is 0.491 e. The van der Waals surface area contributed by atoms with Crippen LogP contribution in [0.3, 0.4) is 0 Å². The van der Waals surface area contributed by atoms with Gasteiger partial charge in [0, 0.05) is 9.75 Å². The highest BCUT2D eigenvalue weighted by Gasteiger charge is 2.11. The first-order chi connectivity index (χ1) is 9.61. The lowest BCUT2D eigenvalue weighted by Crippen LogP contribution is -2.08. The zero-order valence-corrected chi connectivity index (χ0v) is 13.1. The van der Waals surface area contributed by atoms with Gasteiger partial charge in [0.2, 0.25) is 0 Å². The van der Waals surface area contributed by atoms with Gasteiger partial charge in [-0.3, -0.25) is 0 Å². The number of nitrogens with two attached hydrogens (primary N) is 1. The quantitative estimate of drug-likeness (QED) is 0.764. The summed E-state index contributed by atoms with van der Waals surface area (Å²) in [5.74, 6) is 0.756. The summed E-state index contributed by atoms with van der Waals surface area (Å²) in [7, 11) is 0. The molecule has 1 aromatic carbocycles. The lowest BCUT2D eigenvalue weighted by Gasteiger charge is -2.17. The minimum Gasteiger partial charge on any atom is -0.491 e. The fraction of sp³-hybridized carbons (Fsp3) is 0.375. The van der Waals surface area contributed by atoms with Crippen molar-refractivity contribution in [2.75, 3.05) is 17.7 Å². The number of para-hydroxylation sites is 1. The van der Waals surface area contributed by atoms with E-state index in [1.165, 1.54) is 9.75 Å². The molecule has 0 bridgehead atoms. The number of nitrogen functional groups attached to an aromatic ring is 1. The molecule has 2 aromatic rings. The van der Waals surface area contributed by atoms with Crippen molar-refractivity contribution in [3.63, 3.8) is 0 Å². The van der Waals surface area contributed by atoms with Crippen molar-refractivity contribution < 1.29 is 4.74 Å². The van der Waals surface area contributed by atoms with Crippen molar-refractivity contribution in [2.24, 2.45) is 0 Å². The number of benzene rings is 1. The minimum atomic E-state index is 0.234. The van der Waals surface area contributed by atoms with Crippen LogP contribution >= 0.6 is 11.3 Å². The van der Waals surface area contributed by atoms with Crippen LogP contribution in [0.1, 0.15) is 36.1 Å². The molecule has 0 saturated carbocycles. The van der Waals surface area contributed by atoms with Crippen LogP contribution in [0.15, 0.2) is 30.3 Å². The highest BCUT2D eigenvalue weighted by Crippen LogP contribution is 2.33. The Hall–Kier alpha value is -1.68. The normalized spacial score (nSPS) is 12.2. The van der Waals surface area contributed by atoms with Crippen molar-refractivity contribution in [2.45, 2.75) is 33.2 Å². The third-order valence-corrected chi connectivity index (χ3v) is 4.27. The molecule has 1 heterocycles. The number of rotatable bonds is 6. The van der Waals surface area contributed by atoms with E-state index in [1.807, 2.05) is 18.2 Å². The molecule has 3 nitrogen and oxygen atoms in total. The van der Waals surface area contributed by atoms with E-state index in [2.05, 4.69) is 38.2 Å². The lowest BCUT2D eigenvalue weighted by atomic mass is 10.2. The Balaban J connectivity index is 2.12.